The number of Topliss-reactive ketones (excluding diaryl/α,β-unsaturated/α-hetero) is 1. The highest BCUT2D eigenvalue weighted by Crippen LogP contribution is 2.39. The quantitative estimate of drug-likeness (QED) is 0.825. The molecule has 2 aliphatic rings. The lowest BCUT2D eigenvalue weighted by molar-refractivity contribution is -0.116. The van der Waals surface area contributed by atoms with Gasteiger partial charge in [-0.2, -0.15) is 0 Å². The predicted molar refractivity (Wildman–Crippen MR) is 73.1 cm³/mol. The Morgan fingerprint density at radius 3 is 2.89 bits per heavy atom. The highest BCUT2D eigenvalue weighted by atomic mass is 16.5. The number of ether oxygens (including phenoxy) is 2. The first kappa shape index (κ1) is 13.9. The first-order valence-corrected chi connectivity index (χ1v) is 6.66. The fraction of sp³-hybridized carbons (Fsp3) is 0.533. The van der Waals surface area contributed by atoms with Gasteiger partial charge in [-0.3, -0.25) is 4.79 Å². The van der Waals surface area contributed by atoms with Gasteiger partial charge in [0, 0.05) is 25.3 Å². The average molecular weight is 263 g/mol. The molecular weight excluding hydrogens is 242 g/mol. The molecule has 2 rings (SSSR count). The van der Waals surface area contributed by atoms with Crippen molar-refractivity contribution in [3.05, 3.63) is 35.5 Å². The number of ketones is 1. The van der Waals surface area contributed by atoms with Gasteiger partial charge < -0.3 is 14.8 Å². The van der Waals surface area contributed by atoms with Crippen molar-refractivity contribution in [3.63, 3.8) is 0 Å². The third-order valence-electron chi connectivity index (χ3n) is 3.46. The molecule has 0 saturated heterocycles. The van der Waals surface area contributed by atoms with Gasteiger partial charge >= 0.3 is 0 Å². The van der Waals surface area contributed by atoms with Gasteiger partial charge in [0.1, 0.15) is 17.6 Å². The predicted octanol–water partition coefficient (Wildman–Crippen LogP) is 2.15. The van der Waals surface area contributed by atoms with E-state index < -0.39 is 0 Å². The van der Waals surface area contributed by atoms with Gasteiger partial charge in [0.2, 0.25) is 0 Å². The summed E-state index contributed by atoms with van der Waals surface area (Å²) in [7, 11) is 1.91. The Hall–Kier alpha value is -1.55. The molecule has 104 valence electrons. The molecule has 3 atom stereocenters. The largest absolute Gasteiger partial charge is 0.493 e. The smallest absolute Gasteiger partial charge is 0.194 e. The third kappa shape index (κ3) is 2.89. The molecule has 19 heavy (non-hydrogen) atoms. The molecule has 0 bridgehead atoms. The van der Waals surface area contributed by atoms with Crippen LogP contribution in [-0.2, 0) is 14.3 Å². The molecular formula is C15H21NO3. The summed E-state index contributed by atoms with van der Waals surface area (Å²) in [5.41, 5.74) is 0. The molecule has 2 unspecified atom stereocenters. The molecule has 4 heteroatoms. The second-order valence-corrected chi connectivity index (χ2v) is 5.13. The Morgan fingerprint density at radius 2 is 2.26 bits per heavy atom. The second kappa shape index (κ2) is 5.61. The minimum absolute atomic E-state index is 0.0338. The summed E-state index contributed by atoms with van der Waals surface area (Å²) in [4.78, 5) is 11.4. The Labute approximate surface area is 114 Å². The molecule has 0 aromatic rings. The van der Waals surface area contributed by atoms with E-state index in [0.717, 1.165) is 18.1 Å². The van der Waals surface area contributed by atoms with Crippen molar-refractivity contribution in [1.29, 1.82) is 0 Å². The van der Waals surface area contributed by atoms with Crippen LogP contribution in [0.5, 0.6) is 0 Å². The summed E-state index contributed by atoms with van der Waals surface area (Å²) in [6, 6.07) is 0. The Balaban J connectivity index is 2.09. The van der Waals surface area contributed by atoms with Crippen LogP contribution in [0.1, 0.15) is 20.8 Å². The highest BCUT2D eigenvalue weighted by molar-refractivity contribution is 5.92. The van der Waals surface area contributed by atoms with E-state index in [4.69, 9.17) is 9.47 Å². The van der Waals surface area contributed by atoms with Crippen LogP contribution >= 0.6 is 0 Å². The van der Waals surface area contributed by atoms with Gasteiger partial charge in [-0.15, -0.1) is 0 Å². The lowest BCUT2D eigenvalue weighted by Crippen LogP contribution is -2.26. The van der Waals surface area contributed by atoms with Crippen molar-refractivity contribution in [2.45, 2.75) is 26.9 Å². The molecule has 1 N–H and O–H groups in total. The number of likely N-dealkylation sites (N-methyl/N-ethyl adjacent to an activating group) is 1. The van der Waals surface area contributed by atoms with Gasteiger partial charge in [0.25, 0.3) is 0 Å². The second-order valence-electron chi connectivity index (χ2n) is 5.13. The number of rotatable bonds is 5. The number of hydrogen-bond acceptors (Lipinski definition) is 4. The SMILES string of the molecule is CNC[C@H](C)OC1=CC=C2OC(C(C)=O)=CC2C1C. The van der Waals surface area contributed by atoms with E-state index in [9.17, 15) is 4.79 Å². The van der Waals surface area contributed by atoms with Crippen LogP contribution in [0.3, 0.4) is 0 Å². The van der Waals surface area contributed by atoms with Crippen LogP contribution in [0.4, 0.5) is 0 Å². The highest BCUT2D eigenvalue weighted by Gasteiger charge is 2.35. The monoisotopic (exact) mass is 263 g/mol. The number of allylic oxidation sites excluding steroid dienone is 5. The van der Waals surface area contributed by atoms with Crippen LogP contribution in [0.25, 0.3) is 0 Å². The first-order valence-electron chi connectivity index (χ1n) is 6.66. The molecule has 0 amide bonds. The maximum Gasteiger partial charge on any atom is 0.194 e. The number of nitrogens with one attached hydrogen (secondary N) is 1. The zero-order valence-corrected chi connectivity index (χ0v) is 11.9. The Kier molecular flexibility index (Phi) is 4.10. The third-order valence-corrected chi connectivity index (χ3v) is 3.46. The summed E-state index contributed by atoms with van der Waals surface area (Å²) in [5, 5.41) is 3.09. The van der Waals surface area contributed by atoms with Crippen LogP contribution in [0.15, 0.2) is 35.5 Å². The minimum atomic E-state index is -0.0338. The molecule has 1 aliphatic heterocycles. The number of carbonyl (C=O) groups is 1. The number of fused-ring (bicyclic) bond motifs is 1. The van der Waals surface area contributed by atoms with Gasteiger partial charge in [-0.05, 0) is 32.2 Å². The standard InChI is InChI=1S/C15H21NO3/c1-9(8-16-4)18-13-5-6-14-12(10(13)2)7-15(19-14)11(3)17/h5-7,9-10,12,16H,8H2,1-4H3/t9-,10?,12?/m0/s1. The summed E-state index contributed by atoms with van der Waals surface area (Å²) in [6.07, 6.45) is 5.86. The van der Waals surface area contributed by atoms with E-state index in [2.05, 4.69) is 12.2 Å². The van der Waals surface area contributed by atoms with Crippen molar-refractivity contribution in [2.75, 3.05) is 13.6 Å². The zero-order valence-electron chi connectivity index (χ0n) is 11.9. The van der Waals surface area contributed by atoms with E-state index in [1.807, 2.05) is 32.2 Å². The van der Waals surface area contributed by atoms with E-state index in [1.165, 1.54) is 6.92 Å². The Morgan fingerprint density at radius 1 is 1.53 bits per heavy atom. The molecule has 0 fully saturated rings. The molecule has 0 aromatic heterocycles. The summed E-state index contributed by atoms with van der Waals surface area (Å²) in [5.74, 6) is 2.50. The van der Waals surface area contributed by atoms with Crippen molar-refractivity contribution in [3.8, 4) is 0 Å². The lowest BCUT2D eigenvalue weighted by Gasteiger charge is -2.27. The van der Waals surface area contributed by atoms with Gasteiger partial charge in [0.05, 0.1) is 0 Å². The van der Waals surface area contributed by atoms with Crippen molar-refractivity contribution in [1.82, 2.24) is 5.32 Å². The normalized spacial score (nSPS) is 26.6. The Bertz CT molecular complexity index is 462. The summed E-state index contributed by atoms with van der Waals surface area (Å²) >= 11 is 0. The van der Waals surface area contributed by atoms with Crippen LogP contribution in [-0.4, -0.2) is 25.5 Å². The fourth-order valence-corrected chi connectivity index (χ4v) is 2.40. The number of hydrogen-bond donors (Lipinski definition) is 1. The molecule has 0 aromatic carbocycles. The fourth-order valence-electron chi connectivity index (χ4n) is 2.40. The first-order chi connectivity index (χ1) is 9.02. The van der Waals surface area contributed by atoms with Crippen molar-refractivity contribution < 1.29 is 14.3 Å². The van der Waals surface area contributed by atoms with E-state index in [1.54, 1.807) is 0 Å². The summed E-state index contributed by atoms with van der Waals surface area (Å²) in [6.45, 7) is 6.45. The molecule has 1 heterocycles. The lowest BCUT2D eigenvalue weighted by atomic mass is 9.87. The average Bonchev–Trinajstić information content (AvgIpc) is 2.78. The van der Waals surface area contributed by atoms with E-state index in [0.29, 0.717) is 5.76 Å². The molecule has 4 nitrogen and oxygen atoms in total. The van der Waals surface area contributed by atoms with Crippen LogP contribution < -0.4 is 5.32 Å². The van der Waals surface area contributed by atoms with Crippen LogP contribution in [0, 0.1) is 11.8 Å². The van der Waals surface area contributed by atoms with Crippen molar-refractivity contribution >= 4 is 5.78 Å². The van der Waals surface area contributed by atoms with Crippen molar-refractivity contribution in [2.24, 2.45) is 11.8 Å². The maximum absolute atomic E-state index is 11.4. The molecule has 0 radical (unpaired) electrons. The zero-order chi connectivity index (χ0) is 14.0. The van der Waals surface area contributed by atoms with Gasteiger partial charge in [0.15, 0.2) is 11.5 Å². The van der Waals surface area contributed by atoms with E-state index in [-0.39, 0.29) is 23.7 Å². The molecule has 1 aliphatic carbocycles. The van der Waals surface area contributed by atoms with Crippen LogP contribution in [0.2, 0.25) is 0 Å². The molecule has 0 spiro atoms. The van der Waals surface area contributed by atoms with Gasteiger partial charge in [-0.25, -0.2) is 0 Å². The maximum atomic E-state index is 11.4. The van der Waals surface area contributed by atoms with E-state index >= 15 is 0 Å². The molecule has 0 saturated carbocycles. The number of carbonyl (C=O) groups excluding carboxylic acids is 1. The van der Waals surface area contributed by atoms with Gasteiger partial charge in [-0.1, -0.05) is 6.92 Å². The summed E-state index contributed by atoms with van der Waals surface area (Å²) < 4.78 is 11.5. The topological polar surface area (TPSA) is 47.6 Å². The minimum Gasteiger partial charge on any atom is -0.493 e.